The van der Waals surface area contributed by atoms with Crippen LogP contribution in [0.15, 0.2) is 36.5 Å². The molecule has 20 heavy (non-hydrogen) atoms. The van der Waals surface area contributed by atoms with E-state index < -0.39 is 0 Å². The van der Waals surface area contributed by atoms with Crippen LogP contribution in [0.3, 0.4) is 0 Å². The van der Waals surface area contributed by atoms with Crippen LogP contribution in [-0.4, -0.2) is 17.5 Å². The number of hydrogen-bond acceptors (Lipinski definition) is 3. The third-order valence-corrected chi connectivity index (χ3v) is 2.90. The van der Waals surface area contributed by atoms with E-state index in [-0.39, 0.29) is 5.91 Å². The summed E-state index contributed by atoms with van der Waals surface area (Å²) in [5.41, 5.74) is 2.15. The summed E-state index contributed by atoms with van der Waals surface area (Å²) in [4.78, 5) is 16.0. The summed E-state index contributed by atoms with van der Waals surface area (Å²) in [5, 5.41) is 3.16. The molecule has 1 amide bonds. The minimum atomic E-state index is -0.251. The van der Waals surface area contributed by atoms with Gasteiger partial charge in [-0.1, -0.05) is 17.7 Å². The van der Waals surface area contributed by atoms with Gasteiger partial charge in [-0.2, -0.15) is 0 Å². The number of benzene rings is 1. The van der Waals surface area contributed by atoms with Gasteiger partial charge in [-0.05, 0) is 43.7 Å². The topological polar surface area (TPSA) is 51.2 Å². The first-order valence-corrected chi connectivity index (χ1v) is 6.64. The largest absolute Gasteiger partial charge is 0.492 e. The van der Waals surface area contributed by atoms with Crippen LogP contribution in [0.2, 0.25) is 5.15 Å². The fourth-order valence-electron chi connectivity index (χ4n) is 1.71. The number of ether oxygens (including phenoxy) is 1. The second-order valence-electron chi connectivity index (χ2n) is 4.26. The molecule has 1 aromatic heterocycles. The molecule has 0 radical (unpaired) electrons. The molecule has 0 bridgehead atoms. The predicted octanol–water partition coefficient (Wildman–Crippen LogP) is 3.69. The van der Waals surface area contributed by atoms with Gasteiger partial charge in [0.05, 0.1) is 17.9 Å². The van der Waals surface area contributed by atoms with E-state index in [1.54, 1.807) is 12.1 Å². The number of pyridine rings is 1. The minimum absolute atomic E-state index is 0.251. The van der Waals surface area contributed by atoms with E-state index in [0.29, 0.717) is 28.8 Å². The van der Waals surface area contributed by atoms with Gasteiger partial charge in [0.1, 0.15) is 10.9 Å². The number of aryl methyl sites for hydroxylation is 1. The number of carbonyl (C=O) groups is 1. The van der Waals surface area contributed by atoms with Gasteiger partial charge in [-0.25, -0.2) is 4.98 Å². The molecule has 5 heteroatoms. The number of rotatable bonds is 4. The van der Waals surface area contributed by atoms with Crippen molar-refractivity contribution in [2.24, 2.45) is 0 Å². The summed E-state index contributed by atoms with van der Waals surface area (Å²) < 4.78 is 5.52. The molecule has 1 heterocycles. The lowest BCUT2D eigenvalue weighted by Gasteiger charge is -2.12. The van der Waals surface area contributed by atoms with Crippen LogP contribution in [0.25, 0.3) is 0 Å². The lowest BCUT2D eigenvalue weighted by Crippen LogP contribution is -2.13. The van der Waals surface area contributed by atoms with E-state index in [2.05, 4.69) is 10.3 Å². The second kappa shape index (κ2) is 6.39. The van der Waals surface area contributed by atoms with Crippen LogP contribution in [-0.2, 0) is 0 Å². The van der Waals surface area contributed by atoms with Crippen molar-refractivity contribution in [3.8, 4) is 5.75 Å². The molecule has 0 fully saturated rings. The van der Waals surface area contributed by atoms with Crippen molar-refractivity contribution < 1.29 is 9.53 Å². The highest BCUT2D eigenvalue weighted by atomic mass is 35.5. The van der Waals surface area contributed by atoms with Crippen molar-refractivity contribution in [1.82, 2.24) is 4.98 Å². The molecule has 1 aromatic carbocycles. The molecule has 1 N–H and O–H groups in total. The Morgan fingerprint density at radius 2 is 2.15 bits per heavy atom. The van der Waals surface area contributed by atoms with Gasteiger partial charge >= 0.3 is 0 Å². The van der Waals surface area contributed by atoms with E-state index in [1.807, 2.05) is 32.0 Å². The van der Waals surface area contributed by atoms with E-state index >= 15 is 0 Å². The Balaban J connectivity index is 2.21. The zero-order chi connectivity index (χ0) is 14.5. The number of carbonyl (C=O) groups excluding carboxylic acids is 1. The molecule has 0 atom stereocenters. The number of nitrogens with one attached hydrogen (secondary N) is 1. The van der Waals surface area contributed by atoms with Gasteiger partial charge in [-0.15, -0.1) is 0 Å². The molecule has 0 aliphatic heterocycles. The van der Waals surface area contributed by atoms with Gasteiger partial charge in [0.25, 0.3) is 5.91 Å². The van der Waals surface area contributed by atoms with Crippen molar-refractivity contribution >= 4 is 23.2 Å². The number of halogens is 1. The molecule has 2 aromatic rings. The van der Waals surface area contributed by atoms with E-state index in [9.17, 15) is 4.79 Å². The Hall–Kier alpha value is -2.07. The molecule has 104 valence electrons. The van der Waals surface area contributed by atoms with Gasteiger partial charge in [-0.3, -0.25) is 4.79 Å². The predicted molar refractivity (Wildman–Crippen MR) is 79.5 cm³/mol. The van der Waals surface area contributed by atoms with Gasteiger partial charge in [0, 0.05) is 6.20 Å². The zero-order valence-electron chi connectivity index (χ0n) is 11.3. The number of anilines is 1. The summed E-state index contributed by atoms with van der Waals surface area (Å²) >= 11 is 5.70. The molecule has 0 unspecified atom stereocenters. The maximum atomic E-state index is 12.1. The summed E-state index contributed by atoms with van der Waals surface area (Å²) in [7, 11) is 0. The molecule has 0 aliphatic carbocycles. The highest BCUT2D eigenvalue weighted by Crippen LogP contribution is 2.26. The molecule has 2 rings (SSSR count). The van der Waals surface area contributed by atoms with Gasteiger partial charge in [0.2, 0.25) is 0 Å². The van der Waals surface area contributed by atoms with E-state index in [1.165, 1.54) is 6.20 Å². The van der Waals surface area contributed by atoms with Crippen molar-refractivity contribution in [3.05, 3.63) is 52.8 Å². The zero-order valence-corrected chi connectivity index (χ0v) is 12.1. The first-order chi connectivity index (χ1) is 9.60. The SMILES string of the molecule is CCOc1cc(C)ccc1NC(=O)c1ccc(Cl)nc1. The Morgan fingerprint density at radius 1 is 1.35 bits per heavy atom. The normalized spacial score (nSPS) is 10.2. The number of hydrogen-bond donors (Lipinski definition) is 1. The number of amides is 1. The van der Waals surface area contributed by atoms with Gasteiger partial charge in [0.15, 0.2) is 0 Å². The standard InChI is InChI=1S/C15H15ClN2O2/c1-3-20-13-8-10(2)4-6-12(13)18-15(19)11-5-7-14(16)17-9-11/h4-9H,3H2,1-2H3,(H,18,19). The van der Waals surface area contributed by atoms with Crippen LogP contribution in [0.4, 0.5) is 5.69 Å². The van der Waals surface area contributed by atoms with Crippen molar-refractivity contribution in [2.45, 2.75) is 13.8 Å². The monoisotopic (exact) mass is 290 g/mol. The number of aromatic nitrogens is 1. The average molecular weight is 291 g/mol. The highest BCUT2D eigenvalue weighted by molar-refractivity contribution is 6.29. The average Bonchev–Trinajstić information content (AvgIpc) is 2.43. The minimum Gasteiger partial charge on any atom is -0.492 e. The lowest BCUT2D eigenvalue weighted by molar-refractivity contribution is 0.102. The molecular formula is C15H15ClN2O2. The molecule has 0 spiro atoms. The summed E-state index contributed by atoms with van der Waals surface area (Å²) in [6, 6.07) is 8.83. The van der Waals surface area contributed by atoms with Crippen molar-refractivity contribution in [2.75, 3.05) is 11.9 Å². The quantitative estimate of drug-likeness (QED) is 0.874. The highest BCUT2D eigenvalue weighted by Gasteiger charge is 2.10. The molecule has 0 saturated heterocycles. The summed E-state index contributed by atoms with van der Waals surface area (Å²) in [6.45, 7) is 4.41. The first kappa shape index (κ1) is 14.3. The van der Waals surface area contributed by atoms with Crippen molar-refractivity contribution in [1.29, 1.82) is 0 Å². The molecule has 0 saturated carbocycles. The molecule has 0 aliphatic rings. The maximum Gasteiger partial charge on any atom is 0.257 e. The Kier molecular flexibility index (Phi) is 4.58. The smallest absolute Gasteiger partial charge is 0.257 e. The van der Waals surface area contributed by atoms with Crippen LogP contribution in [0.1, 0.15) is 22.8 Å². The lowest BCUT2D eigenvalue weighted by atomic mass is 10.2. The molecular weight excluding hydrogens is 276 g/mol. The maximum absolute atomic E-state index is 12.1. The first-order valence-electron chi connectivity index (χ1n) is 6.26. The van der Waals surface area contributed by atoms with Crippen molar-refractivity contribution in [3.63, 3.8) is 0 Å². The summed E-state index contributed by atoms with van der Waals surface area (Å²) in [6.07, 6.45) is 1.44. The number of nitrogens with zero attached hydrogens (tertiary/aromatic N) is 1. The second-order valence-corrected chi connectivity index (χ2v) is 4.64. The third-order valence-electron chi connectivity index (χ3n) is 2.67. The Morgan fingerprint density at radius 3 is 2.80 bits per heavy atom. The van der Waals surface area contributed by atoms with Gasteiger partial charge < -0.3 is 10.1 Å². The van der Waals surface area contributed by atoms with Crippen LogP contribution >= 0.6 is 11.6 Å². The van der Waals surface area contributed by atoms with Crippen LogP contribution in [0, 0.1) is 6.92 Å². The Bertz CT molecular complexity index is 612. The molecule has 4 nitrogen and oxygen atoms in total. The fourth-order valence-corrected chi connectivity index (χ4v) is 1.82. The van der Waals surface area contributed by atoms with E-state index in [0.717, 1.165) is 5.56 Å². The van der Waals surface area contributed by atoms with E-state index in [4.69, 9.17) is 16.3 Å². The summed E-state index contributed by atoms with van der Waals surface area (Å²) in [5.74, 6) is 0.404. The third kappa shape index (κ3) is 3.48. The Labute approximate surface area is 122 Å². The van der Waals surface area contributed by atoms with Crippen LogP contribution < -0.4 is 10.1 Å². The fraction of sp³-hybridized carbons (Fsp3) is 0.200. The van der Waals surface area contributed by atoms with Crippen LogP contribution in [0.5, 0.6) is 5.75 Å².